The molecule has 2 aliphatic heterocycles. The van der Waals surface area contributed by atoms with Crippen molar-refractivity contribution in [3.63, 3.8) is 0 Å². The Morgan fingerprint density at radius 2 is 1.65 bits per heavy atom. The number of halogens is 2. The van der Waals surface area contributed by atoms with E-state index in [2.05, 4.69) is 9.97 Å². The van der Waals surface area contributed by atoms with Crippen LogP contribution in [0, 0.1) is 0 Å². The van der Waals surface area contributed by atoms with Crippen molar-refractivity contribution in [3.05, 3.63) is 12.3 Å². The third kappa shape index (κ3) is 7.63. The van der Waals surface area contributed by atoms with Crippen LogP contribution in [0.2, 0.25) is 0 Å². The number of rotatable bonds is 3. The van der Waals surface area contributed by atoms with Crippen molar-refractivity contribution in [1.82, 2.24) is 14.9 Å². The predicted octanol–water partition coefficient (Wildman–Crippen LogP) is 3.38. The third-order valence-electron chi connectivity index (χ3n) is 5.83. The van der Waals surface area contributed by atoms with Crippen LogP contribution in [-0.4, -0.2) is 90.5 Å². The van der Waals surface area contributed by atoms with E-state index in [1.807, 2.05) is 0 Å². The van der Waals surface area contributed by atoms with Gasteiger partial charge in [-0.3, -0.25) is 0 Å². The lowest BCUT2D eigenvalue weighted by Gasteiger charge is -2.40. The highest BCUT2D eigenvalue weighted by Crippen LogP contribution is 2.30. The number of hydrogen-bond acceptors (Lipinski definition) is 8. The minimum absolute atomic E-state index is 0.0143. The number of methoxy groups -OCH3 is 2. The normalized spacial score (nSPS) is 29.8. The van der Waals surface area contributed by atoms with Crippen molar-refractivity contribution in [1.29, 1.82) is 0 Å². The van der Waals surface area contributed by atoms with Gasteiger partial charge in [0.2, 0.25) is 5.95 Å². The van der Waals surface area contributed by atoms with E-state index in [-0.39, 0.29) is 19.2 Å². The molecule has 0 spiro atoms. The van der Waals surface area contributed by atoms with Crippen molar-refractivity contribution >= 4 is 17.9 Å². The molecule has 9 nitrogen and oxygen atoms in total. The van der Waals surface area contributed by atoms with Crippen molar-refractivity contribution in [2.75, 3.05) is 51.0 Å². The number of carbonyl (C=O) groups excluding carboxylic acids is 1. The summed E-state index contributed by atoms with van der Waals surface area (Å²) in [6.07, 6.45) is 1.39. The molecule has 0 radical (unpaired) electrons. The fourth-order valence-corrected chi connectivity index (χ4v) is 4.15. The quantitative estimate of drug-likeness (QED) is 0.692. The number of nitrogens with two attached hydrogens (primary N) is 1. The SMILES string of the molecule is COC1CCN(C(=O)OC(C)(C)C)CC1(C)F.CO[C@H]1CCN(c2nccc(N)n2)C[C@]1(C)F. The summed E-state index contributed by atoms with van der Waals surface area (Å²) in [6, 6.07) is 1.61. The largest absolute Gasteiger partial charge is 0.444 e. The van der Waals surface area contributed by atoms with Gasteiger partial charge in [0, 0.05) is 33.5 Å². The Labute approximate surface area is 200 Å². The molecule has 2 aliphatic rings. The van der Waals surface area contributed by atoms with Gasteiger partial charge < -0.3 is 29.7 Å². The minimum Gasteiger partial charge on any atom is -0.444 e. The van der Waals surface area contributed by atoms with Crippen molar-refractivity contribution in [2.24, 2.45) is 0 Å². The molecule has 2 saturated heterocycles. The van der Waals surface area contributed by atoms with Crippen LogP contribution >= 0.6 is 0 Å². The predicted molar refractivity (Wildman–Crippen MR) is 126 cm³/mol. The van der Waals surface area contributed by atoms with Crippen molar-refractivity contribution < 1.29 is 27.8 Å². The average Bonchev–Trinajstić information content (AvgIpc) is 2.71. The summed E-state index contributed by atoms with van der Waals surface area (Å²) in [7, 11) is 3.03. The molecule has 3 heterocycles. The summed E-state index contributed by atoms with van der Waals surface area (Å²) in [5.41, 5.74) is 2.11. The summed E-state index contributed by atoms with van der Waals surface area (Å²) < 4.78 is 44.0. The highest BCUT2D eigenvalue weighted by Gasteiger charge is 2.43. The van der Waals surface area contributed by atoms with Crippen LogP contribution in [-0.2, 0) is 14.2 Å². The molecule has 0 aromatic carbocycles. The molecule has 34 heavy (non-hydrogen) atoms. The Bertz CT molecular complexity index is 819. The van der Waals surface area contributed by atoms with Gasteiger partial charge in [0.1, 0.15) is 11.4 Å². The highest BCUT2D eigenvalue weighted by molar-refractivity contribution is 5.68. The molecule has 2 N–H and O–H groups in total. The Balaban J connectivity index is 0.000000240. The van der Waals surface area contributed by atoms with Gasteiger partial charge in [-0.1, -0.05) is 0 Å². The first-order valence-corrected chi connectivity index (χ1v) is 11.4. The van der Waals surface area contributed by atoms with E-state index < -0.39 is 29.1 Å². The topological polar surface area (TPSA) is 103 Å². The molecule has 4 atom stereocenters. The lowest BCUT2D eigenvalue weighted by molar-refractivity contribution is -0.0802. The van der Waals surface area contributed by atoms with Crippen LogP contribution in [0.3, 0.4) is 0 Å². The van der Waals surface area contributed by atoms with Crippen LogP contribution in [0.15, 0.2) is 12.3 Å². The molecular weight excluding hydrogens is 448 g/mol. The maximum absolute atomic E-state index is 14.3. The van der Waals surface area contributed by atoms with E-state index in [1.165, 1.54) is 26.0 Å². The number of piperidine rings is 2. The molecule has 0 saturated carbocycles. The van der Waals surface area contributed by atoms with Crippen molar-refractivity contribution in [3.8, 4) is 0 Å². The van der Waals surface area contributed by atoms with Crippen LogP contribution in [0.1, 0.15) is 47.5 Å². The van der Waals surface area contributed by atoms with Gasteiger partial charge in [-0.05, 0) is 53.5 Å². The number of aromatic nitrogens is 2. The fourth-order valence-electron chi connectivity index (χ4n) is 4.15. The van der Waals surface area contributed by atoms with E-state index in [0.29, 0.717) is 37.7 Å². The molecule has 0 aliphatic carbocycles. The van der Waals surface area contributed by atoms with E-state index in [4.69, 9.17) is 19.9 Å². The zero-order valence-electron chi connectivity index (χ0n) is 21.3. The highest BCUT2D eigenvalue weighted by atomic mass is 19.1. The second-order valence-electron chi connectivity index (χ2n) is 10.2. The summed E-state index contributed by atoms with van der Waals surface area (Å²) >= 11 is 0. The maximum Gasteiger partial charge on any atom is 0.410 e. The summed E-state index contributed by atoms with van der Waals surface area (Å²) in [6.45, 7) is 9.74. The number of anilines is 2. The van der Waals surface area contributed by atoms with Gasteiger partial charge in [-0.15, -0.1) is 0 Å². The molecule has 194 valence electrons. The molecule has 1 aromatic rings. The molecule has 1 amide bonds. The Morgan fingerprint density at radius 1 is 1.09 bits per heavy atom. The lowest BCUT2D eigenvalue weighted by Crippen LogP contribution is -2.55. The van der Waals surface area contributed by atoms with E-state index in [9.17, 15) is 13.6 Å². The first kappa shape index (κ1) is 28.0. The second-order valence-corrected chi connectivity index (χ2v) is 10.2. The maximum atomic E-state index is 14.3. The monoisotopic (exact) mass is 487 g/mol. The molecule has 1 aromatic heterocycles. The zero-order valence-corrected chi connectivity index (χ0v) is 21.3. The van der Waals surface area contributed by atoms with Crippen LogP contribution in [0.25, 0.3) is 0 Å². The van der Waals surface area contributed by atoms with Gasteiger partial charge in [0.05, 0.1) is 25.3 Å². The fraction of sp³-hybridized carbons (Fsp3) is 0.783. The molecule has 3 rings (SSSR count). The first-order valence-electron chi connectivity index (χ1n) is 11.4. The number of carbonyl (C=O) groups is 1. The Morgan fingerprint density at radius 3 is 2.12 bits per heavy atom. The average molecular weight is 488 g/mol. The van der Waals surface area contributed by atoms with Gasteiger partial charge in [-0.2, -0.15) is 4.98 Å². The second kappa shape index (κ2) is 11.0. The molecule has 2 unspecified atom stereocenters. The van der Waals surface area contributed by atoms with E-state index in [0.717, 1.165) is 0 Å². The van der Waals surface area contributed by atoms with Gasteiger partial charge in [-0.25, -0.2) is 18.6 Å². The molecular formula is C23H39F2N5O4. The van der Waals surface area contributed by atoms with Crippen molar-refractivity contribution in [2.45, 2.75) is 76.6 Å². The van der Waals surface area contributed by atoms with E-state index >= 15 is 0 Å². The number of ether oxygens (including phenoxy) is 3. The zero-order chi connectivity index (χ0) is 25.7. The number of amides is 1. The van der Waals surface area contributed by atoms with Crippen LogP contribution in [0.4, 0.5) is 25.3 Å². The molecule has 0 bridgehead atoms. The van der Waals surface area contributed by atoms with Crippen LogP contribution < -0.4 is 10.6 Å². The van der Waals surface area contributed by atoms with E-state index in [1.54, 1.807) is 44.9 Å². The smallest absolute Gasteiger partial charge is 0.410 e. The summed E-state index contributed by atoms with van der Waals surface area (Å²) in [5.74, 6) is 0.868. The van der Waals surface area contributed by atoms with Gasteiger partial charge in [0.25, 0.3) is 0 Å². The summed E-state index contributed by atoms with van der Waals surface area (Å²) in [5, 5.41) is 0. The minimum atomic E-state index is -1.52. The number of nitrogen functional groups attached to an aromatic ring is 1. The number of nitrogens with zero attached hydrogens (tertiary/aromatic N) is 4. The Kier molecular flexibility index (Phi) is 9.04. The molecule has 2 fully saturated rings. The van der Waals surface area contributed by atoms with Gasteiger partial charge in [0.15, 0.2) is 11.3 Å². The number of likely N-dealkylation sites (tertiary alicyclic amines) is 1. The lowest BCUT2D eigenvalue weighted by atomic mass is 9.93. The van der Waals surface area contributed by atoms with Crippen LogP contribution in [0.5, 0.6) is 0 Å². The molecule has 11 heteroatoms. The number of alkyl halides is 2. The standard InChI is InChI=1S/C12H22FNO3.C11H17FN4O/c1-11(2,3)17-10(15)14-7-6-9(16-5)12(4,13)8-14;1-11(12)7-16(6-4-8(11)17-2)10-14-5-3-9(13)15-10/h9H,6-8H2,1-5H3;3,5,8H,4,6-7H2,1-2H3,(H2,13,14,15)/t;8-,11-/m.0/s1. The number of hydrogen-bond donors (Lipinski definition) is 1. The third-order valence-corrected chi connectivity index (χ3v) is 5.83. The Hall–Kier alpha value is -2.27. The first-order chi connectivity index (χ1) is 15.7. The van der Waals surface area contributed by atoms with Gasteiger partial charge >= 0.3 is 6.09 Å². The summed E-state index contributed by atoms with van der Waals surface area (Å²) in [4.78, 5) is 23.2.